The summed E-state index contributed by atoms with van der Waals surface area (Å²) in [6, 6.07) is 5.49. The molecule has 0 saturated heterocycles. The molecular weight excluding hydrogens is 226 g/mol. The van der Waals surface area contributed by atoms with Gasteiger partial charge in [0.25, 0.3) is 0 Å². The van der Waals surface area contributed by atoms with Crippen molar-refractivity contribution in [3.8, 4) is 5.75 Å². The summed E-state index contributed by atoms with van der Waals surface area (Å²) in [6.45, 7) is 9.63. The van der Waals surface area contributed by atoms with E-state index in [-0.39, 0.29) is 16.9 Å². The number of hydrogen-bond donors (Lipinski definition) is 2. The molecule has 3 heteroatoms. The maximum absolute atomic E-state index is 11.0. The molecular formula is C15H21NO2. The van der Waals surface area contributed by atoms with Crippen molar-refractivity contribution in [3.05, 3.63) is 35.5 Å². The summed E-state index contributed by atoms with van der Waals surface area (Å²) in [4.78, 5) is 11.0. The van der Waals surface area contributed by atoms with Gasteiger partial charge in [0.15, 0.2) is 5.78 Å². The van der Waals surface area contributed by atoms with Crippen molar-refractivity contribution in [2.45, 2.75) is 40.0 Å². The standard InChI is InChI=1S/C15H21NO2/c1-10(8-11(2)17)16-13-9-12(15(3,4)5)6-7-14(13)18/h6-9,16,18H,1-5H3/b10-8-. The van der Waals surface area contributed by atoms with Gasteiger partial charge in [0.2, 0.25) is 0 Å². The highest BCUT2D eigenvalue weighted by Gasteiger charge is 2.15. The molecule has 0 bridgehead atoms. The van der Waals surface area contributed by atoms with Crippen LogP contribution in [0.15, 0.2) is 30.0 Å². The SMILES string of the molecule is CC(=O)/C=C(/C)Nc1cc(C(C)(C)C)ccc1O. The van der Waals surface area contributed by atoms with Gasteiger partial charge < -0.3 is 10.4 Å². The van der Waals surface area contributed by atoms with Crippen molar-refractivity contribution in [2.75, 3.05) is 5.32 Å². The number of phenols is 1. The summed E-state index contributed by atoms with van der Waals surface area (Å²) in [5.74, 6) is 0.158. The van der Waals surface area contributed by atoms with Crippen molar-refractivity contribution in [2.24, 2.45) is 0 Å². The quantitative estimate of drug-likeness (QED) is 0.634. The van der Waals surface area contributed by atoms with Crippen LogP contribution in [0.1, 0.15) is 40.2 Å². The smallest absolute Gasteiger partial charge is 0.154 e. The Morgan fingerprint density at radius 3 is 2.39 bits per heavy atom. The molecule has 0 heterocycles. The van der Waals surface area contributed by atoms with Crippen LogP contribution in [0, 0.1) is 0 Å². The lowest BCUT2D eigenvalue weighted by Crippen LogP contribution is -2.11. The van der Waals surface area contributed by atoms with Gasteiger partial charge in [-0.25, -0.2) is 0 Å². The zero-order valence-corrected chi connectivity index (χ0v) is 11.7. The van der Waals surface area contributed by atoms with Gasteiger partial charge in [-0.3, -0.25) is 4.79 Å². The summed E-state index contributed by atoms with van der Waals surface area (Å²) in [5.41, 5.74) is 2.47. The molecule has 0 atom stereocenters. The number of ketones is 1. The second-order valence-electron chi connectivity index (χ2n) is 5.54. The minimum Gasteiger partial charge on any atom is -0.506 e. The average molecular weight is 247 g/mol. The van der Waals surface area contributed by atoms with Crippen LogP contribution in [-0.4, -0.2) is 10.9 Å². The first-order valence-electron chi connectivity index (χ1n) is 5.99. The summed E-state index contributed by atoms with van der Waals surface area (Å²) in [7, 11) is 0. The minimum absolute atomic E-state index is 0.0162. The Balaban J connectivity index is 3.06. The lowest BCUT2D eigenvalue weighted by Gasteiger charge is -2.20. The van der Waals surface area contributed by atoms with E-state index in [1.165, 1.54) is 13.0 Å². The van der Waals surface area contributed by atoms with E-state index < -0.39 is 0 Å². The number of allylic oxidation sites excluding steroid dienone is 2. The maximum Gasteiger partial charge on any atom is 0.154 e. The fourth-order valence-corrected chi connectivity index (χ4v) is 1.66. The first-order chi connectivity index (χ1) is 8.20. The lowest BCUT2D eigenvalue weighted by molar-refractivity contribution is -0.112. The van der Waals surface area contributed by atoms with Crippen LogP contribution in [0.25, 0.3) is 0 Å². The fraction of sp³-hybridized carbons (Fsp3) is 0.400. The zero-order valence-electron chi connectivity index (χ0n) is 11.7. The number of anilines is 1. The molecule has 1 rings (SSSR count). The van der Waals surface area contributed by atoms with Gasteiger partial charge in [0.05, 0.1) is 5.69 Å². The van der Waals surface area contributed by atoms with Gasteiger partial charge in [0.1, 0.15) is 5.75 Å². The topological polar surface area (TPSA) is 49.3 Å². The van der Waals surface area contributed by atoms with Crippen LogP contribution in [0.3, 0.4) is 0 Å². The molecule has 2 N–H and O–H groups in total. The Labute approximate surface area is 109 Å². The van der Waals surface area contributed by atoms with Gasteiger partial charge in [-0.1, -0.05) is 26.8 Å². The van der Waals surface area contributed by atoms with Crippen LogP contribution in [-0.2, 0) is 10.2 Å². The van der Waals surface area contributed by atoms with Gasteiger partial charge in [-0.05, 0) is 43.0 Å². The van der Waals surface area contributed by atoms with Crippen LogP contribution in [0.4, 0.5) is 5.69 Å². The van der Waals surface area contributed by atoms with E-state index >= 15 is 0 Å². The van der Waals surface area contributed by atoms with Crippen molar-refractivity contribution < 1.29 is 9.90 Å². The molecule has 1 aromatic carbocycles. The predicted molar refractivity (Wildman–Crippen MR) is 74.9 cm³/mol. The molecule has 0 aliphatic rings. The maximum atomic E-state index is 11.0. The van der Waals surface area contributed by atoms with E-state index in [1.54, 1.807) is 13.0 Å². The third-order valence-electron chi connectivity index (χ3n) is 2.61. The van der Waals surface area contributed by atoms with Crippen molar-refractivity contribution in [3.63, 3.8) is 0 Å². The van der Waals surface area contributed by atoms with Crippen molar-refractivity contribution in [1.82, 2.24) is 0 Å². The average Bonchev–Trinajstić information content (AvgIpc) is 2.18. The molecule has 0 aliphatic carbocycles. The van der Waals surface area contributed by atoms with E-state index in [0.29, 0.717) is 11.4 Å². The molecule has 98 valence electrons. The number of rotatable bonds is 3. The van der Waals surface area contributed by atoms with E-state index in [0.717, 1.165) is 5.56 Å². The Hall–Kier alpha value is -1.77. The second kappa shape index (κ2) is 5.25. The Kier molecular flexibility index (Phi) is 4.17. The third kappa shape index (κ3) is 3.91. The van der Waals surface area contributed by atoms with Gasteiger partial charge in [-0.15, -0.1) is 0 Å². The molecule has 0 radical (unpaired) electrons. The molecule has 0 spiro atoms. The number of aromatic hydroxyl groups is 1. The molecule has 0 fully saturated rings. The largest absolute Gasteiger partial charge is 0.506 e. The number of nitrogens with one attached hydrogen (secondary N) is 1. The molecule has 0 aliphatic heterocycles. The molecule has 0 unspecified atom stereocenters. The Bertz CT molecular complexity index is 482. The predicted octanol–water partition coefficient (Wildman–Crippen LogP) is 3.59. The molecule has 0 amide bonds. The normalized spacial score (nSPS) is 12.4. The first-order valence-corrected chi connectivity index (χ1v) is 5.99. The lowest BCUT2D eigenvalue weighted by atomic mass is 9.87. The highest BCUT2D eigenvalue weighted by atomic mass is 16.3. The fourth-order valence-electron chi connectivity index (χ4n) is 1.66. The zero-order chi connectivity index (χ0) is 13.9. The number of carbonyl (C=O) groups is 1. The van der Waals surface area contributed by atoms with E-state index in [9.17, 15) is 9.90 Å². The third-order valence-corrected chi connectivity index (χ3v) is 2.61. The van der Waals surface area contributed by atoms with Crippen LogP contribution < -0.4 is 5.32 Å². The second-order valence-corrected chi connectivity index (χ2v) is 5.54. The van der Waals surface area contributed by atoms with Crippen LogP contribution >= 0.6 is 0 Å². The Morgan fingerprint density at radius 1 is 1.28 bits per heavy atom. The van der Waals surface area contributed by atoms with Gasteiger partial charge >= 0.3 is 0 Å². The number of hydrogen-bond acceptors (Lipinski definition) is 3. The van der Waals surface area contributed by atoms with Crippen LogP contribution in [0.5, 0.6) is 5.75 Å². The minimum atomic E-state index is -0.0218. The molecule has 0 saturated carbocycles. The highest BCUT2D eigenvalue weighted by molar-refractivity contribution is 5.88. The molecule has 0 aromatic heterocycles. The van der Waals surface area contributed by atoms with E-state index in [4.69, 9.17) is 0 Å². The summed E-state index contributed by atoms with van der Waals surface area (Å²) >= 11 is 0. The number of carbonyl (C=O) groups excluding carboxylic acids is 1. The monoisotopic (exact) mass is 247 g/mol. The number of benzene rings is 1. The van der Waals surface area contributed by atoms with E-state index in [1.807, 2.05) is 12.1 Å². The van der Waals surface area contributed by atoms with Gasteiger partial charge in [0, 0.05) is 5.70 Å². The number of phenolic OH excluding ortho intramolecular Hbond substituents is 1. The van der Waals surface area contributed by atoms with E-state index in [2.05, 4.69) is 26.1 Å². The molecule has 1 aromatic rings. The van der Waals surface area contributed by atoms with Crippen molar-refractivity contribution in [1.29, 1.82) is 0 Å². The summed E-state index contributed by atoms with van der Waals surface area (Å²) < 4.78 is 0. The molecule has 3 nitrogen and oxygen atoms in total. The summed E-state index contributed by atoms with van der Waals surface area (Å²) in [5, 5.41) is 12.9. The Morgan fingerprint density at radius 2 is 1.89 bits per heavy atom. The highest BCUT2D eigenvalue weighted by Crippen LogP contribution is 2.31. The molecule has 18 heavy (non-hydrogen) atoms. The van der Waals surface area contributed by atoms with Crippen molar-refractivity contribution >= 4 is 11.5 Å². The van der Waals surface area contributed by atoms with Gasteiger partial charge in [-0.2, -0.15) is 0 Å². The van der Waals surface area contributed by atoms with Crippen LogP contribution in [0.2, 0.25) is 0 Å². The first kappa shape index (κ1) is 14.3. The summed E-state index contributed by atoms with van der Waals surface area (Å²) in [6.07, 6.45) is 1.50.